The standard InChI is InChI=1S/C18H16F3NO5/c1-25-13-4-3-5-14(26-2)16(13)17(24)27-10-15(23)22-12-8-6-11(7-9-12)18(19,20)21/h3-9H,10H2,1-2H3,(H,22,23). The second-order valence-corrected chi connectivity index (χ2v) is 5.24. The van der Waals surface area contributed by atoms with Gasteiger partial charge in [-0.15, -0.1) is 0 Å². The monoisotopic (exact) mass is 383 g/mol. The van der Waals surface area contributed by atoms with Crippen molar-refractivity contribution in [2.45, 2.75) is 6.18 Å². The zero-order chi connectivity index (χ0) is 20.0. The van der Waals surface area contributed by atoms with Crippen LogP contribution in [0.2, 0.25) is 0 Å². The maximum absolute atomic E-state index is 12.5. The highest BCUT2D eigenvalue weighted by Crippen LogP contribution is 2.30. The van der Waals surface area contributed by atoms with Gasteiger partial charge in [0.05, 0.1) is 19.8 Å². The molecule has 0 bridgehead atoms. The topological polar surface area (TPSA) is 73.9 Å². The third-order valence-corrected chi connectivity index (χ3v) is 3.46. The molecule has 0 heterocycles. The molecule has 9 heteroatoms. The number of carbonyl (C=O) groups excluding carboxylic acids is 2. The lowest BCUT2D eigenvalue weighted by atomic mass is 10.2. The van der Waals surface area contributed by atoms with Crippen molar-refractivity contribution in [1.29, 1.82) is 0 Å². The second-order valence-electron chi connectivity index (χ2n) is 5.24. The molecule has 0 aliphatic carbocycles. The Morgan fingerprint density at radius 3 is 2.00 bits per heavy atom. The van der Waals surface area contributed by atoms with Crippen LogP contribution >= 0.6 is 0 Å². The van der Waals surface area contributed by atoms with Gasteiger partial charge in [0.25, 0.3) is 5.91 Å². The third-order valence-electron chi connectivity index (χ3n) is 3.46. The van der Waals surface area contributed by atoms with Crippen molar-refractivity contribution in [3.8, 4) is 11.5 Å². The average molecular weight is 383 g/mol. The van der Waals surface area contributed by atoms with Gasteiger partial charge in [0.2, 0.25) is 0 Å². The number of esters is 1. The smallest absolute Gasteiger partial charge is 0.416 e. The van der Waals surface area contributed by atoms with Crippen LogP contribution in [-0.2, 0) is 15.7 Å². The molecule has 6 nitrogen and oxygen atoms in total. The molecule has 2 rings (SSSR count). The Morgan fingerprint density at radius 1 is 0.963 bits per heavy atom. The first-order chi connectivity index (χ1) is 12.8. The summed E-state index contributed by atoms with van der Waals surface area (Å²) in [6.45, 7) is -0.638. The average Bonchev–Trinajstić information content (AvgIpc) is 2.65. The van der Waals surface area contributed by atoms with E-state index in [0.29, 0.717) is 0 Å². The molecule has 1 N–H and O–H groups in total. The number of benzene rings is 2. The third kappa shape index (κ3) is 5.13. The molecule has 0 spiro atoms. The van der Waals surface area contributed by atoms with Crippen LogP contribution in [0.3, 0.4) is 0 Å². The number of methoxy groups -OCH3 is 2. The van der Waals surface area contributed by atoms with Crippen LogP contribution in [0.1, 0.15) is 15.9 Å². The Morgan fingerprint density at radius 2 is 1.52 bits per heavy atom. The summed E-state index contributed by atoms with van der Waals surface area (Å²) in [5.41, 5.74) is -0.682. The van der Waals surface area contributed by atoms with E-state index in [-0.39, 0.29) is 22.7 Å². The fraction of sp³-hybridized carbons (Fsp3) is 0.222. The lowest BCUT2D eigenvalue weighted by Gasteiger charge is -2.12. The summed E-state index contributed by atoms with van der Waals surface area (Å²) < 4.78 is 52.6. The van der Waals surface area contributed by atoms with Crippen LogP contribution in [-0.4, -0.2) is 32.7 Å². The van der Waals surface area contributed by atoms with E-state index in [2.05, 4.69) is 5.32 Å². The van der Waals surface area contributed by atoms with Gasteiger partial charge in [-0.05, 0) is 36.4 Å². The number of ether oxygens (including phenoxy) is 3. The van der Waals surface area contributed by atoms with Gasteiger partial charge in [0.1, 0.15) is 17.1 Å². The molecule has 2 aromatic rings. The molecule has 0 radical (unpaired) electrons. The van der Waals surface area contributed by atoms with E-state index >= 15 is 0 Å². The van der Waals surface area contributed by atoms with E-state index in [0.717, 1.165) is 24.3 Å². The maximum Gasteiger partial charge on any atom is 0.416 e. The second kappa shape index (κ2) is 8.43. The van der Waals surface area contributed by atoms with Crippen LogP contribution in [0.4, 0.5) is 18.9 Å². The highest BCUT2D eigenvalue weighted by atomic mass is 19.4. The zero-order valence-corrected chi connectivity index (χ0v) is 14.4. The fourth-order valence-corrected chi connectivity index (χ4v) is 2.20. The number of anilines is 1. The number of amides is 1. The Hall–Kier alpha value is -3.23. The number of hydrogen-bond donors (Lipinski definition) is 1. The van der Waals surface area contributed by atoms with Crippen molar-refractivity contribution in [1.82, 2.24) is 0 Å². The number of alkyl halides is 3. The van der Waals surface area contributed by atoms with Crippen molar-refractivity contribution in [3.05, 3.63) is 53.6 Å². The molecule has 0 aliphatic rings. The summed E-state index contributed by atoms with van der Waals surface area (Å²) in [4.78, 5) is 24.1. The summed E-state index contributed by atoms with van der Waals surface area (Å²) in [5.74, 6) is -1.13. The summed E-state index contributed by atoms with van der Waals surface area (Å²) >= 11 is 0. The minimum absolute atomic E-state index is 0.0184. The van der Waals surface area contributed by atoms with Crippen molar-refractivity contribution >= 4 is 17.6 Å². The first-order valence-corrected chi connectivity index (χ1v) is 7.61. The SMILES string of the molecule is COc1cccc(OC)c1C(=O)OCC(=O)Nc1ccc(C(F)(F)F)cc1. The molecular weight excluding hydrogens is 367 g/mol. The van der Waals surface area contributed by atoms with Gasteiger partial charge in [0.15, 0.2) is 6.61 Å². The van der Waals surface area contributed by atoms with Gasteiger partial charge in [-0.3, -0.25) is 4.79 Å². The number of halogens is 3. The molecule has 0 atom stereocenters. The molecule has 0 aromatic heterocycles. The van der Waals surface area contributed by atoms with E-state index in [4.69, 9.17) is 14.2 Å². The maximum atomic E-state index is 12.5. The lowest BCUT2D eigenvalue weighted by molar-refractivity contribution is -0.137. The van der Waals surface area contributed by atoms with Gasteiger partial charge in [-0.1, -0.05) is 6.07 Å². The highest BCUT2D eigenvalue weighted by molar-refractivity contribution is 5.98. The number of rotatable bonds is 6. The van der Waals surface area contributed by atoms with Crippen molar-refractivity contribution in [2.75, 3.05) is 26.1 Å². The van der Waals surface area contributed by atoms with Gasteiger partial charge < -0.3 is 19.5 Å². The van der Waals surface area contributed by atoms with Crippen LogP contribution in [0.25, 0.3) is 0 Å². The minimum atomic E-state index is -4.47. The Balaban J connectivity index is 1.99. The van der Waals surface area contributed by atoms with Gasteiger partial charge in [-0.2, -0.15) is 13.2 Å². The van der Waals surface area contributed by atoms with Gasteiger partial charge >= 0.3 is 12.1 Å². The van der Waals surface area contributed by atoms with Gasteiger partial charge in [-0.25, -0.2) is 4.79 Å². The Bertz CT molecular complexity index is 796. The largest absolute Gasteiger partial charge is 0.496 e. The minimum Gasteiger partial charge on any atom is -0.496 e. The Kier molecular flexibility index (Phi) is 6.27. The van der Waals surface area contributed by atoms with Crippen molar-refractivity contribution in [3.63, 3.8) is 0 Å². The molecule has 0 fully saturated rings. The van der Waals surface area contributed by atoms with Crippen LogP contribution in [0.5, 0.6) is 11.5 Å². The molecular formula is C18H16F3NO5. The normalized spacial score (nSPS) is 10.9. The van der Waals surface area contributed by atoms with E-state index in [1.54, 1.807) is 6.07 Å². The quantitative estimate of drug-likeness (QED) is 0.773. The fourth-order valence-electron chi connectivity index (χ4n) is 2.20. The summed E-state index contributed by atoms with van der Waals surface area (Å²) in [7, 11) is 2.73. The number of hydrogen-bond acceptors (Lipinski definition) is 5. The lowest BCUT2D eigenvalue weighted by Crippen LogP contribution is -2.21. The number of carbonyl (C=O) groups is 2. The predicted molar refractivity (Wildman–Crippen MR) is 89.9 cm³/mol. The van der Waals surface area contributed by atoms with E-state index in [1.807, 2.05) is 0 Å². The summed E-state index contributed by atoms with van der Waals surface area (Å²) in [5, 5.41) is 2.34. The van der Waals surface area contributed by atoms with Crippen LogP contribution in [0, 0.1) is 0 Å². The highest BCUT2D eigenvalue weighted by Gasteiger charge is 2.30. The van der Waals surface area contributed by atoms with E-state index in [1.165, 1.54) is 26.4 Å². The molecule has 1 amide bonds. The molecule has 2 aromatic carbocycles. The number of nitrogens with one attached hydrogen (secondary N) is 1. The molecule has 0 saturated heterocycles. The Labute approximate surface area is 152 Å². The summed E-state index contributed by atoms with van der Waals surface area (Å²) in [6, 6.07) is 8.55. The van der Waals surface area contributed by atoms with Crippen molar-refractivity contribution < 1.29 is 37.0 Å². The molecule has 0 aliphatic heterocycles. The predicted octanol–water partition coefficient (Wildman–Crippen LogP) is 3.52. The van der Waals surface area contributed by atoms with E-state index < -0.39 is 30.2 Å². The van der Waals surface area contributed by atoms with Crippen LogP contribution < -0.4 is 14.8 Å². The van der Waals surface area contributed by atoms with Crippen LogP contribution in [0.15, 0.2) is 42.5 Å². The van der Waals surface area contributed by atoms with E-state index in [9.17, 15) is 22.8 Å². The van der Waals surface area contributed by atoms with Crippen molar-refractivity contribution in [2.24, 2.45) is 0 Å². The molecule has 27 heavy (non-hydrogen) atoms. The summed E-state index contributed by atoms with van der Waals surface area (Å²) in [6.07, 6.45) is -4.47. The zero-order valence-electron chi connectivity index (χ0n) is 14.4. The molecule has 0 saturated carbocycles. The first kappa shape index (κ1) is 20.1. The first-order valence-electron chi connectivity index (χ1n) is 7.61. The molecule has 144 valence electrons. The van der Waals surface area contributed by atoms with Gasteiger partial charge in [0, 0.05) is 5.69 Å². The molecule has 0 unspecified atom stereocenters.